The fourth-order valence-electron chi connectivity index (χ4n) is 2.75. The van der Waals surface area contributed by atoms with Crippen LogP contribution in [0.4, 0.5) is 0 Å². The van der Waals surface area contributed by atoms with Crippen molar-refractivity contribution >= 4 is 10.9 Å². The summed E-state index contributed by atoms with van der Waals surface area (Å²) in [6.45, 7) is 6.60. The molecule has 0 atom stereocenters. The summed E-state index contributed by atoms with van der Waals surface area (Å²) in [5.41, 5.74) is 2.83. The summed E-state index contributed by atoms with van der Waals surface area (Å²) >= 11 is 0. The third kappa shape index (κ3) is 4.48. The highest BCUT2D eigenvalue weighted by Crippen LogP contribution is 2.33. The molecule has 0 aliphatic heterocycles. The predicted molar refractivity (Wildman–Crippen MR) is 105 cm³/mol. The first kappa shape index (κ1) is 19.6. The number of aryl methyl sites for hydroxylation is 1. The van der Waals surface area contributed by atoms with Gasteiger partial charge in [-0.15, -0.1) is 0 Å². The van der Waals surface area contributed by atoms with Crippen LogP contribution in [-0.4, -0.2) is 23.4 Å². The first-order valence-corrected chi connectivity index (χ1v) is 8.66. The molecule has 5 nitrogen and oxygen atoms in total. The molecule has 26 heavy (non-hydrogen) atoms. The van der Waals surface area contributed by atoms with Crippen LogP contribution in [0.1, 0.15) is 33.6 Å². The summed E-state index contributed by atoms with van der Waals surface area (Å²) in [6.07, 6.45) is 6.20. The van der Waals surface area contributed by atoms with Gasteiger partial charge < -0.3 is 19.1 Å². The number of nitrogens with zero attached hydrogens (tertiary/aromatic N) is 1. The van der Waals surface area contributed by atoms with Crippen LogP contribution >= 0.6 is 0 Å². The van der Waals surface area contributed by atoms with Crippen LogP contribution in [0.5, 0.6) is 17.2 Å². The topological polar surface area (TPSA) is 60.7 Å². The molecular formula is C21H27NO4. The average Bonchev–Trinajstić information content (AvgIpc) is 2.59. The zero-order valence-electron chi connectivity index (χ0n) is 16.1. The van der Waals surface area contributed by atoms with Crippen molar-refractivity contribution in [3.8, 4) is 17.2 Å². The second kappa shape index (κ2) is 8.61. The molecule has 0 radical (unpaired) electrons. The number of hydrogen-bond acceptors (Lipinski definition) is 4. The van der Waals surface area contributed by atoms with E-state index in [0.29, 0.717) is 17.9 Å². The molecule has 1 N–H and O–H groups in total. The molecule has 140 valence electrons. The van der Waals surface area contributed by atoms with Crippen molar-refractivity contribution in [2.45, 2.75) is 33.6 Å². The van der Waals surface area contributed by atoms with E-state index in [1.807, 2.05) is 6.08 Å². The second-order valence-corrected chi connectivity index (χ2v) is 6.61. The molecule has 5 heteroatoms. The Balaban J connectivity index is 2.30. The molecule has 1 heterocycles. The Bertz CT molecular complexity index is 902. The maximum atomic E-state index is 12.5. The largest absolute Gasteiger partial charge is 0.508 e. The van der Waals surface area contributed by atoms with Gasteiger partial charge in [-0.05, 0) is 51.8 Å². The number of ether oxygens (including phenoxy) is 2. The predicted octanol–water partition coefficient (Wildman–Crippen LogP) is 4.32. The molecule has 0 saturated carbocycles. The number of aromatic hydroxyl groups is 1. The van der Waals surface area contributed by atoms with Crippen molar-refractivity contribution < 1.29 is 14.6 Å². The van der Waals surface area contributed by atoms with Gasteiger partial charge in [-0.3, -0.25) is 4.79 Å². The fourth-order valence-corrected chi connectivity index (χ4v) is 2.75. The minimum Gasteiger partial charge on any atom is -0.508 e. The third-order valence-electron chi connectivity index (χ3n) is 4.25. The van der Waals surface area contributed by atoms with E-state index < -0.39 is 0 Å². The monoisotopic (exact) mass is 357 g/mol. The number of allylic oxidation sites excluding steroid dienone is 3. The zero-order chi connectivity index (χ0) is 19.3. The van der Waals surface area contributed by atoms with Crippen LogP contribution in [-0.2, 0) is 7.05 Å². The highest BCUT2D eigenvalue weighted by Gasteiger charge is 2.17. The van der Waals surface area contributed by atoms with Gasteiger partial charge in [0.1, 0.15) is 12.4 Å². The van der Waals surface area contributed by atoms with E-state index in [-0.39, 0.29) is 17.1 Å². The molecule has 0 bridgehead atoms. The van der Waals surface area contributed by atoms with E-state index in [2.05, 4.69) is 26.8 Å². The lowest BCUT2D eigenvalue weighted by Gasteiger charge is -2.15. The Hall–Kier alpha value is -2.69. The van der Waals surface area contributed by atoms with E-state index in [0.717, 1.165) is 18.2 Å². The van der Waals surface area contributed by atoms with Gasteiger partial charge in [0.05, 0.1) is 12.6 Å². The molecule has 0 aliphatic rings. The Labute approximate surface area is 154 Å². The summed E-state index contributed by atoms with van der Waals surface area (Å²) in [4.78, 5) is 12.5. The minimum absolute atomic E-state index is 0.0960. The van der Waals surface area contributed by atoms with Crippen LogP contribution in [0, 0.1) is 0 Å². The number of methoxy groups -OCH3 is 1. The molecule has 1 aromatic carbocycles. The lowest BCUT2D eigenvalue weighted by atomic mass is 10.1. The van der Waals surface area contributed by atoms with Crippen molar-refractivity contribution in [1.82, 2.24) is 4.57 Å². The first-order valence-electron chi connectivity index (χ1n) is 8.66. The highest BCUT2D eigenvalue weighted by molar-refractivity contribution is 5.88. The van der Waals surface area contributed by atoms with E-state index in [1.54, 1.807) is 25.2 Å². The molecule has 2 rings (SSSR count). The normalized spacial score (nSPS) is 11.5. The summed E-state index contributed by atoms with van der Waals surface area (Å²) < 4.78 is 12.6. The van der Waals surface area contributed by atoms with E-state index in [4.69, 9.17) is 9.47 Å². The van der Waals surface area contributed by atoms with Gasteiger partial charge in [-0.2, -0.15) is 0 Å². The number of aromatic nitrogens is 1. The molecule has 0 aliphatic carbocycles. The van der Waals surface area contributed by atoms with Crippen molar-refractivity contribution in [3.63, 3.8) is 0 Å². The first-order chi connectivity index (χ1) is 12.3. The number of phenols is 1. The van der Waals surface area contributed by atoms with E-state index in [9.17, 15) is 9.90 Å². The summed E-state index contributed by atoms with van der Waals surface area (Å²) in [7, 11) is 3.10. The average molecular weight is 357 g/mol. The Kier molecular flexibility index (Phi) is 6.50. The summed E-state index contributed by atoms with van der Waals surface area (Å²) in [6, 6.07) is 4.84. The maximum absolute atomic E-state index is 12.5. The van der Waals surface area contributed by atoms with Crippen molar-refractivity contribution in [2.24, 2.45) is 7.05 Å². The van der Waals surface area contributed by atoms with Gasteiger partial charge >= 0.3 is 0 Å². The number of phenolic OH excluding ortho intramolecular Hbond substituents is 1. The second-order valence-electron chi connectivity index (χ2n) is 6.61. The molecule has 0 amide bonds. The van der Waals surface area contributed by atoms with Crippen molar-refractivity contribution in [2.75, 3.05) is 13.7 Å². The molecule has 1 aromatic heterocycles. The highest BCUT2D eigenvalue weighted by atomic mass is 16.5. The van der Waals surface area contributed by atoms with Gasteiger partial charge in [0, 0.05) is 18.5 Å². The quantitative estimate of drug-likeness (QED) is 0.750. The van der Waals surface area contributed by atoms with Gasteiger partial charge in [0.25, 0.3) is 5.56 Å². The minimum atomic E-state index is -0.301. The Morgan fingerprint density at radius 3 is 2.58 bits per heavy atom. The zero-order valence-corrected chi connectivity index (χ0v) is 16.1. The van der Waals surface area contributed by atoms with Gasteiger partial charge in [-0.1, -0.05) is 17.2 Å². The van der Waals surface area contributed by atoms with Crippen LogP contribution in [0.25, 0.3) is 10.9 Å². The number of hydrogen-bond donors (Lipinski definition) is 1. The maximum Gasteiger partial charge on any atom is 0.297 e. The Morgan fingerprint density at radius 2 is 1.92 bits per heavy atom. The molecule has 0 saturated heterocycles. The SMILES string of the molecule is COc1c(OC/C=C(\C)CCC=C(C)C)c2ccc(O)cc2n(C)c1=O. The van der Waals surface area contributed by atoms with Crippen molar-refractivity contribution in [1.29, 1.82) is 0 Å². The van der Waals surface area contributed by atoms with E-state index in [1.165, 1.54) is 22.8 Å². The molecule has 2 aromatic rings. The molecule has 0 spiro atoms. The molecule has 0 fully saturated rings. The van der Waals surface area contributed by atoms with Crippen LogP contribution in [0.2, 0.25) is 0 Å². The molecular weight excluding hydrogens is 330 g/mol. The fraction of sp³-hybridized carbons (Fsp3) is 0.381. The van der Waals surface area contributed by atoms with Gasteiger partial charge in [0.2, 0.25) is 5.75 Å². The van der Waals surface area contributed by atoms with E-state index >= 15 is 0 Å². The third-order valence-corrected chi connectivity index (χ3v) is 4.25. The standard InChI is InChI=1S/C21H27NO4/c1-14(2)7-6-8-15(3)11-12-26-19-17-10-9-16(23)13-18(17)22(4)21(24)20(19)25-5/h7,9-11,13,23H,6,8,12H2,1-5H3/b15-11+. The number of rotatable bonds is 7. The Morgan fingerprint density at radius 1 is 1.19 bits per heavy atom. The summed E-state index contributed by atoms with van der Waals surface area (Å²) in [5.74, 6) is 0.666. The number of pyridine rings is 1. The van der Waals surface area contributed by atoms with Gasteiger partial charge in [0.15, 0.2) is 5.75 Å². The van der Waals surface area contributed by atoms with Crippen LogP contribution in [0.3, 0.4) is 0 Å². The van der Waals surface area contributed by atoms with Gasteiger partial charge in [-0.25, -0.2) is 0 Å². The number of benzene rings is 1. The smallest absolute Gasteiger partial charge is 0.297 e. The summed E-state index contributed by atoms with van der Waals surface area (Å²) in [5, 5.41) is 10.5. The van der Waals surface area contributed by atoms with Crippen LogP contribution < -0.4 is 15.0 Å². The number of fused-ring (bicyclic) bond motifs is 1. The van der Waals surface area contributed by atoms with Crippen LogP contribution in [0.15, 0.2) is 46.3 Å². The lowest BCUT2D eigenvalue weighted by molar-refractivity contribution is 0.325. The molecule has 0 unspecified atom stereocenters. The lowest BCUT2D eigenvalue weighted by Crippen LogP contribution is -2.20. The van der Waals surface area contributed by atoms with Crippen molar-refractivity contribution in [3.05, 3.63) is 51.9 Å².